The van der Waals surface area contributed by atoms with Crippen molar-refractivity contribution < 1.29 is 14.7 Å². The number of aliphatic hydroxyl groups is 1. The van der Waals surface area contributed by atoms with Gasteiger partial charge in [-0.1, -0.05) is 52.0 Å². The normalized spacial score (nSPS) is 19.9. The molecule has 2 amide bonds. The first-order valence-corrected chi connectivity index (χ1v) is 12.4. The SMILES string of the molecule is CCC(=O)N[C@H](CN1C[C@H](O)C[C@H]1C(=O)NCc1ccc(-c2scnc2C)cc1)C(C)(C)C. The van der Waals surface area contributed by atoms with Gasteiger partial charge in [0, 0.05) is 32.1 Å². The first-order chi connectivity index (χ1) is 15.6. The van der Waals surface area contributed by atoms with E-state index in [0.717, 1.165) is 21.7 Å². The summed E-state index contributed by atoms with van der Waals surface area (Å²) in [6.07, 6.45) is 0.263. The molecule has 8 heteroatoms. The molecule has 1 fully saturated rings. The number of aryl methyl sites for hydroxylation is 1. The quantitative estimate of drug-likeness (QED) is 0.549. The van der Waals surface area contributed by atoms with Crippen molar-refractivity contribution in [1.29, 1.82) is 0 Å². The van der Waals surface area contributed by atoms with Gasteiger partial charge in [-0.2, -0.15) is 0 Å². The van der Waals surface area contributed by atoms with Crippen molar-refractivity contribution in [2.75, 3.05) is 13.1 Å². The Morgan fingerprint density at radius 3 is 2.55 bits per heavy atom. The number of carbonyl (C=O) groups excluding carboxylic acids is 2. The van der Waals surface area contributed by atoms with Gasteiger partial charge < -0.3 is 15.7 Å². The number of aliphatic hydroxyl groups excluding tert-OH is 1. The van der Waals surface area contributed by atoms with Crippen LogP contribution in [0, 0.1) is 12.3 Å². The monoisotopic (exact) mass is 472 g/mol. The summed E-state index contributed by atoms with van der Waals surface area (Å²) in [5.74, 6) is -0.101. The Morgan fingerprint density at radius 1 is 1.27 bits per heavy atom. The highest BCUT2D eigenvalue weighted by Crippen LogP contribution is 2.28. The van der Waals surface area contributed by atoms with Crippen LogP contribution in [-0.2, 0) is 16.1 Å². The summed E-state index contributed by atoms with van der Waals surface area (Å²) in [5, 5.41) is 16.4. The number of benzene rings is 1. The molecule has 0 aliphatic carbocycles. The zero-order valence-electron chi connectivity index (χ0n) is 20.2. The standard InChI is InChI=1S/C25H36N4O3S/c1-6-22(31)28-21(25(3,4)5)14-29-13-19(30)11-20(29)24(32)26-12-17-7-9-18(10-8-17)23-16(2)27-15-33-23/h7-10,15,19-21,30H,6,11-14H2,1-5H3,(H,26,32)(H,28,31)/t19-,20+,21-/m1/s1. The lowest BCUT2D eigenvalue weighted by atomic mass is 9.86. The number of hydrogen-bond donors (Lipinski definition) is 3. The summed E-state index contributed by atoms with van der Waals surface area (Å²) in [6.45, 7) is 11.4. The Kier molecular flexibility index (Phi) is 8.26. The van der Waals surface area contributed by atoms with Gasteiger partial charge in [-0.15, -0.1) is 11.3 Å². The summed E-state index contributed by atoms with van der Waals surface area (Å²) in [6, 6.07) is 7.61. The minimum atomic E-state index is -0.551. The van der Waals surface area contributed by atoms with Gasteiger partial charge in [0.25, 0.3) is 0 Å². The van der Waals surface area contributed by atoms with Crippen molar-refractivity contribution in [3.63, 3.8) is 0 Å². The minimum Gasteiger partial charge on any atom is -0.392 e. The number of likely N-dealkylation sites (tertiary alicyclic amines) is 1. The van der Waals surface area contributed by atoms with Crippen LogP contribution < -0.4 is 10.6 Å². The van der Waals surface area contributed by atoms with Gasteiger partial charge in [0.1, 0.15) is 0 Å². The van der Waals surface area contributed by atoms with Crippen molar-refractivity contribution in [3.8, 4) is 10.4 Å². The maximum atomic E-state index is 13.0. The molecule has 2 aromatic rings. The highest BCUT2D eigenvalue weighted by atomic mass is 32.1. The molecule has 2 heterocycles. The first-order valence-electron chi connectivity index (χ1n) is 11.6. The summed E-state index contributed by atoms with van der Waals surface area (Å²) in [4.78, 5) is 32.5. The molecule has 0 radical (unpaired) electrons. The summed E-state index contributed by atoms with van der Waals surface area (Å²) < 4.78 is 0. The summed E-state index contributed by atoms with van der Waals surface area (Å²) in [7, 11) is 0. The topological polar surface area (TPSA) is 94.6 Å². The molecule has 1 aromatic carbocycles. The number of thiazole rings is 1. The van der Waals surface area contributed by atoms with Crippen LogP contribution in [0.2, 0.25) is 0 Å². The average Bonchev–Trinajstić information content (AvgIpc) is 3.36. The number of hydrogen-bond acceptors (Lipinski definition) is 6. The number of aromatic nitrogens is 1. The van der Waals surface area contributed by atoms with Crippen molar-refractivity contribution >= 4 is 23.2 Å². The molecule has 180 valence electrons. The number of carbonyl (C=O) groups is 2. The van der Waals surface area contributed by atoms with Gasteiger partial charge in [0.2, 0.25) is 11.8 Å². The third-order valence-electron chi connectivity index (χ3n) is 6.23. The molecule has 0 bridgehead atoms. The molecule has 3 N–H and O–H groups in total. The first kappa shape index (κ1) is 25.3. The predicted octanol–water partition coefficient (Wildman–Crippen LogP) is 3.11. The molecule has 3 atom stereocenters. The minimum absolute atomic E-state index is 0.00681. The van der Waals surface area contributed by atoms with Crippen LogP contribution >= 0.6 is 11.3 Å². The Morgan fingerprint density at radius 2 is 1.97 bits per heavy atom. The second-order valence-electron chi connectivity index (χ2n) is 9.88. The van der Waals surface area contributed by atoms with Crippen molar-refractivity contribution in [3.05, 3.63) is 41.0 Å². The third kappa shape index (κ3) is 6.62. The molecule has 3 rings (SSSR count). The highest BCUT2D eigenvalue weighted by molar-refractivity contribution is 7.13. The molecule has 1 aliphatic heterocycles. The smallest absolute Gasteiger partial charge is 0.237 e. The largest absolute Gasteiger partial charge is 0.392 e. The highest BCUT2D eigenvalue weighted by Gasteiger charge is 2.39. The maximum absolute atomic E-state index is 13.0. The van der Waals surface area contributed by atoms with E-state index < -0.39 is 12.1 Å². The average molecular weight is 473 g/mol. The van der Waals surface area contributed by atoms with E-state index in [1.54, 1.807) is 11.3 Å². The zero-order valence-corrected chi connectivity index (χ0v) is 21.0. The fourth-order valence-corrected chi connectivity index (χ4v) is 4.89. The molecule has 0 saturated carbocycles. The molecule has 0 unspecified atom stereocenters. The van der Waals surface area contributed by atoms with Crippen molar-refractivity contribution in [2.45, 2.75) is 72.2 Å². The van der Waals surface area contributed by atoms with Crippen LogP contribution in [-0.4, -0.2) is 58.1 Å². The van der Waals surface area contributed by atoms with Crippen LogP contribution in [0.1, 0.15) is 51.8 Å². The Hall–Kier alpha value is -2.29. The molecule has 1 saturated heterocycles. The van der Waals surface area contributed by atoms with E-state index >= 15 is 0 Å². The molecule has 1 aromatic heterocycles. The van der Waals surface area contributed by atoms with Crippen LogP contribution in [0.25, 0.3) is 10.4 Å². The van der Waals surface area contributed by atoms with Crippen LogP contribution in [0.3, 0.4) is 0 Å². The Balaban J connectivity index is 1.62. The second-order valence-corrected chi connectivity index (χ2v) is 10.7. The Labute approximate surface area is 200 Å². The lowest BCUT2D eigenvalue weighted by Gasteiger charge is -2.36. The Bertz CT molecular complexity index is 951. The van der Waals surface area contributed by atoms with Gasteiger partial charge >= 0.3 is 0 Å². The van der Waals surface area contributed by atoms with E-state index in [-0.39, 0.29) is 23.3 Å². The van der Waals surface area contributed by atoms with Gasteiger partial charge in [-0.05, 0) is 29.9 Å². The van der Waals surface area contributed by atoms with E-state index in [4.69, 9.17) is 0 Å². The molecule has 33 heavy (non-hydrogen) atoms. The molecule has 0 spiro atoms. The fourth-order valence-electron chi connectivity index (χ4n) is 4.08. The van der Waals surface area contributed by atoms with Gasteiger partial charge in [-0.25, -0.2) is 4.98 Å². The number of amides is 2. The summed E-state index contributed by atoms with van der Waals surface area (Å²) in [5.41, 5.74) is 4.83. The predicted molar refractivity (Wildman–Crippen MR) is 132 cm³/mol. The van der Waals surface area contributed by atoms with E-state index in [2.05, 4.69) is 48.5 Å². The summed E-state index contributed by atoms with van der Waals surface area (Å²) >= 11 is 1.62. The van der Waals surface area contributed by atoms with Crippen LogP contribution in [0.4, 0.5) is 0 Å². The zero-order chi connectivity index (χ0) is 24.2. The van der Waals surface area contributed by atoms with Gasteiger partial charge in [0.15, 0.2) is 0 Å². The number of β-amino-alcohol motifs (C(OH)–C–C–N with tert-alkyl or cyclic N) is 1. The molecule has 7 nitrogen and oxygen atoms in total. The van der Waals surface area contributed by atoms with E-state index in [0.29, 0.717) is 32.5 Å². The molecule has 1 aliphatic rings. The number of nitrogens with one attached hydrogen (secondary N) is 2. The van der Waals surface area contributed by atoms with E-state index in [1.807, 2.05) is 36.4 Å². The third-order valence-corrected chi connectivity index (χ3v) is 7.21. The second kappa shape index (κ2) is 10.8. The number of nitrogens with zero attached hydrogens (tertiary/aromatic N) is 2. The lowest BCUT2D eigenvalue weighted by Crippen LogP contribution is -2.53. The van der Waals surface area contributed by atoms with Crippen LogP contribution in [0.15, 0.2) is 29.8 Å². The molecular formula is C25H36N4O3S. The lowest BCUT2D eigenvalue weighted by molar-refractivity contribution is -0.126. The van der Waals surface area contributed by atoms with Crippen molar-refractivity contribution in [2.24, 2.45) is 5.41 Å². The van der Waals surface area contributed by atoms with E-state index in [1.165, 1.54) is 0 Å². The van der Waals surface area contributed by atoms with Gasteiger partial charge in [0.05, 0.1) is 28.2 Å². The molecular weight excluding hydrogens is 436 g/mol. The maximum Gasteiger partial charge on any atom is 0.237 e. The fraction of sp³-hybridized carbons (Fsp3) is 0.560. The number of rotatable bonds is 8. The van der Waals surface area contributed by atoms with E-state index in [9.17, 15) is 14.7 Å². The van der Waals surface area contributed by atoms with Crippen molar-refractivity contribution in [1.82, 2.24) is 20.5 Å². The van der Waals surface area contributed by atoms with Gasteiger partial charge in [-0.3, -0.25) is 14.5 Å². The van der Waals surface area contributed by atoms with Crippen LogP contribution in [0.5, 0.6) is 0 Å².